The van der Waals surface area contributed by atoms with Crippen LogP contribution in [0.3, 0.4) is 0 Å². The zero-order chi connectivity index (χ0) is 19.9. The summed E-state index contributed by atoms with van der Waals surface area (Å²) in [7, 11) is 0. The number of hydrogen-bond donors (Lipinski definition) is 1. The fourth-order valence-electron chi connectivity index (χ4n) is 2.98. The van der Waals surface area contributed by atoms with E-state index in [2.05, 4.69) is 15.5 Å². The van der Waals surface area contributed by atoms with Crippen LogP contribution in [0.2, 0.25) is 0 Å². The third-order valence-electron chi connectivity index (χ3n) is 4.41. The number of carbonyl (C=O) groups excluding carboxylic acids is 2. The van der Waals surface area contributed by atoms with E-state index in [0.717, 1.165) is 16.7 Å². The zero-order valence-electron chi connectivity index (χ0n) is 14.2. The molecule has 7 nitrogen and oxygen atoms in total. The quantitative estimate of drug-likeness (QED) is 0.693. The summed E-state index contributed by atoms with van der Waals surface area (Å²) >= 11 is 0. The van der Waals surface area contributed by atoms with Gasteiger partial charge in [0.25, 0.3) is 5.91 Å². The number of aromatic nitrogens is 3. The molecule has 3 aromatic rings. The fourth-order valence-corrected chi connectivity index (χ4v) is 2.98. The number of hydrogen-bond acceptors (Lipinski definition) is 5. The summed E-state index contributed by atoms with van der Waals surface area (Å²) in [5, 5.41) is 10.1. The molecule has 1 atom stereocenters. The molecule has 0 radical (unpaired) electrons. The Bertz CT molecular complexity index is 1080. The topological polar surface area (TPSA) is 85.6 Å². The number of benzene rings is 1. The smallest absolute Gasteiger partial charge is 0.417 e. The lowest BCUT2D eigenvalue weighted by atomic mass is 9.98. The second kappa shape index (κ2) is 6.63. The van der Waals surface area contributed by atoms with Crippen molar-refractivity contribution >= 4 is 17.5 Å². The Morgan fingerprint density at radius 2 is 2.00 bits per heavy atom. The van der Waals surface area contributed by atoms with Crippen molar-refractivity contribution in [2.75, 3.05) is 0 Å². The Morgan fingerprint density at radius 3 is 2.79 bits per heavy atom. The predicted molar refractivity (Wildman–Crippen MR) is 89.2 cm³/mol. The average molecular weight is 390 g/mol. The van der Waals surface area contributed by atoms with Gasteiger partial charge in [-0.2, -0.15) is 13.2 Å². The number of fused-ring (bicyclic) bond motifs is 2. The van der Waals surface area contributed by atoms with Crippen molar-refractivity contribution in [3.05, 3.63) is 65.1 Å². The van der Waals surface area contributed by atoms with Gasteiger partial charge in [-0.25, -0.2) is 4.79 Å². The van der Waals surface area contributed by atoms with Gasteiger partial charge in [0, 0.05) is 12.6 Å². The van der Waals surface area contributed by atoms with Crippen LogP contribution in [0.15, 0.2) is 42.6 Å². The van der Waals surface area contributed by atoms with Gasteiger partial charge in [-0.3, -0.25) is 9.20 Å². The van der Waals surface area contributed by atoms with Crippen LogP contribution in [0.4, 0.5) is 13.2 Å². The molecule has 2 aromatic heterocycles. The summed E-state index contributed by atoms with van der Waals surface area (Å²) in [4.78, 5) is 24.4. The minimum absolute atomic E-state index is 0.122. The number of nitrogens with one attached hydrogen (secondary N) is 1. The summed E-state index contributed by atoms with van der Waals surface area (Å²) in [6, 6.07) is 8.92. The van der Waals surface area contributed by atoms with Crippen molar-refractivity contribution in [2.45, 2.75) is 25.2 Å². The van der Waals surface area contributed by atoms with Crippen LogP contribution in [-0.4, -0.2) is 32.6 Å². The number of halogens is 3. The van der Waals surface area contributed by atoms with Crippen molar-refractivity contribution in [3.8, 4) is 0 Å². The van der Waals surface area contributed by atoms with Crippen molar-refractivity contribution in [2.24, 2.45) is 0 Å². The summed E-state index contributed by atoms with van der Waals surface area (Å²) in [5.41, 5.74) is 0.469. The highest BCUT2D eigenvalue weighted by molar-refractivity contribution is 5.95. The minimum atomic E-state index is -4.51. The molecule has 1 aliphatic heterocycles. The van der Waals surface area contributed by atoms with E-state index in [1.165, 1.54) is 6.07 Å². The molecule has 1 amide bonds. The van der Waals surface area contributed by atoms with Crippen LogP contribution in [0.1, 0.15) is 27.3 Å². The second-order valence-corrected chi connectivity index (χ2v) is 6.23. The number of rotatable bonds is 3. The lowest BCUT2D eigenvalue weighted by Crippen LogP contribution is -2.41. The van der Waals surface area contributed by atoms with E-state index in [-0.39, 0.29) is 24.4 Å². The van der Waals surface area contributed by atoms with E-state index in [4.69, 9.17) is 4.74 Å². The molecule has 0 fully saturated rings. The Morgan fingerprint density at radius 1 is 1.21 bits per heavy atom. The van der Waals surface area contributed by atoms with Crippen LogP contribution in [0, 0.1) is 0 Å². The van der Waals surface area contributed by atoms with Crippen LogP contribution >= 0.6 is 0 Å². The highest BCUT2D eigenvalue weighted by atomic mass is 19.4. The zero-order valence-corrected chi connectivity index (χ0v) is 14.2. The van der Waals surface area contributed by atoms with Gasteiger partial charge in [0.2, 0.25) is 0 Å². The first-order valence-electron chi connectivity index (χ1n) is 8.30. The predicted octanol–water partition coefficient (Wildman–Crippen LogP) is 2.15. The van der Waals surface area contributed by atoms with Crippen LogP contribution in [0.5, 0.6) is 0 Å². The monoisotopic (exact) mass is 390 g/mol. The summed E-state index contributed by atoms with van der Waals surface area (Å²) in [6.45, 7) is -0.170. The summed E-state index contributed by atoms with van der Waals surface area (Å²) in [6.07, 6.45) is -4.45. The van der Waals surface area contributed by atoms with E-state index in [9.17, 15) is 22.8 Å². The molecule has 3 heterocycles. The maximum atomic E-state index is 12.9. The van der Waals surface area contributed by atoms with Gasteiger partial charge >= 0.3 is 12.1 Å². The van der Waals surface area contributed by atoms with E-state index in [0.29, 0.717) is 11.1 Å². The average Bonchev–Trinajstić information content (AvgIpc) is 3.07. The van der Waals surface area contributed by atoms with E-state index >= 15 is 0 Å². The lowest BCUT2D eigenvalue weighted by Gasteiger charge is -2.23. The Hall–Kier alpha value is -3.43. The largest absolute Gasteiger partial charge is 0.448 e. The Kier molecular flexibility index (Phi) is 4.25. The molecule has 0 bridgehead atoms. The number of carbonyl (C=O) groups is 2. The molecule has 1 aromatic carbocycles. The molecule has 0 spiro atoms. The van der Waals surface area contributed by atoms with Gasteiger partial charge in [-0.15, -0.1) is 10.2 Å². The molecule has 1 aliphatic rings. The number of esters is 1. The standard InChI is InChI=1S/C18H13F3N4O3/c19-18(20,21)11-5-6-14-23-24-15(25(14)9-11)8-22-16(26)13-7-10-3-1-2-4-12(10)17(27)28-13/h1-6,9,13H,7-8H2,(H,22,26)/t13-/m1/s1. The first kappa shape index (κ1) is 18.0. The van der Waals surface area contributed by atoms with Crippen molar-refractivity contribution in [1.82, 2.24) is 19.9 Å². The summed E-state index contributed by atoms with van der Waals surface area (Å²) in [5.74, 6) is -1.03. The number of ether oxygens (including phenoxy) is 1. The molecule has 0 saturated carbocycles. The van der Waals surface area contributed by atoms with Gasteiger partial charge in [0.1, 0.15) is 0 Å². The van der Waals surface area contributed by atoms with Crippen LogP contribution < -0.4 is 5.32 Å². The van der Waals surface area contributed by atoms with Crippen LogP contribution in [0.25, 0.3) is 5.65 Å². The first-order chi connectivity index (χ1) is 13.3. The maximum Gasteiger partial charge on any atom is 0.417 e. The van der Waals surface area contributed by atoms with Gasteiger partial charge in [0.15, 0.2) is 17.6 Å². The highest BCUT2D eigenvalue weighted by Crippen LogP contribution is 2.29. The van der Waals surface area contributed by atoms with Crippen LogP contribution in [-0.2, 0) is 28.7 Å². The number of cyclic esters (lactones) is 1. The third-order valence-corrected chi connectivity index (χ3v) is 4.41. The molecular formula is C18H13F3N4O3. The summed E-state index contributed by atoms with van der Waals surface area (Å²) < 4.78 is 45.0. The molecule has 144 valence electrons. The van der Waals surface area contributed by atoms with E-state index in [1.54, 1.807) is 24.3 Å². The van der Waals surface area contributed by atoms with Crippen molar-refractivity contribution in [3.63, 3.8) is 0 Å². The molecule has 10 heteroatoms. The van der Waals surface area contributed by atoms with Gasteiger partial charge < -0.3 is 10.1 Å². The molecule has 1 N–H and O–H groups in total. The third kappa shape index (κ3) is 3.28. The number of alkyl halides is 3. The second-order valence-electron chi connectivity index (χ2n) is 6.23. The number of nitrogens with zero attached hydrogens (tertiary/aromatic N) is 3. The fraction of sp³-hybridized carbons (Fsp3) is 0.222. The Labute approximate surface area is 156 Å². The van der Waals surface area contributed by atoms with E-state index < -0.39 is 29.7 Å². The molecule has 28 heavy (non-hydrogen) atoms. The first-order valence-corrected chi connectivity index (χ1v) is 8.30. The van der Waals surface area contributed by atoms with Gasteiger partial charge in [-0.05, 0) is 23.8 Å². The maximum absolute atomic E-state index is 12.9. The number of amides is 1. The highest BCUT2D eigenvalue weighted by Gasteiger charge is 2.32. The van der Waals surface area contributed by atoms with E-state index in [1.807, 2.05) is 0 Å². The van der Waals surface area contributed by atoms with Crippen molar-refractivity contribution < 1.29 is 27.5 Å². The SMILES string of the molecule is O=C1O[C@@H](C(=O)NCc2nnc3ccc(C(F)(F)F)cn23)Cc2ccccc21. The molecule has 0 saturated heterocycles. The molecule has 4 rings (SSSR count). The van der Waals surface area contributed by atoms with Crippen molar-refractivity contribution in [1.29, 1.82) is 0 Å². The van der Waals surface area contributed by atoms with Gasteiger partial charge in [-0.1, -0.05) is 18.2 Å². The lowest BCUT2D eigenvalue weighted by molar-refractivity contribution is -0.138. The van der Waals surface area contributed by atoms with Gasteiger partial charge in [0.05, 0.1) is 17.7 Å². The minimum Gasteiger partial charge on any atom is -0.448 e. The molecule has 0 aliphatic carbocycles. The normalized spacial score (nSPS) is 16.5. The number of pyridine rings is 1. The molecule has 0 unspecified atom stereocenters. The molecular weight excluding hydrogens is 377 g/mol. The Balaban J connectivity index is 1.49.